The van der Waals surface area contributed by atoms with Crippen LogP contribution in [-0.2, 0) is 23.4 Å². The third kappa shape index (κ3) is 7.25. The Morgan fingerprint density at radius 2 is 1.78 bits per heavy atom. The minimum absolute atomic E-state index is 0.181. The minimum atomic E-state index is -4.79. The number of carbonyl (C=O) groups excluding carboxylic acids is 1. The number of ether oxygens (including phenoxy) is 1. The molecule has 0 radical (unpaired) electrons. The van der Waals surface area contributed by atoms with E-state index in [0.29, 0.717) is 29.9 Å². The van der Waals surface area contributed by atoms with Crippen molar-refractivity contribution in [3.05, 3.63) is 64.3 Å². The topological polar surface area (TPSA) is 140 Å². The number of nitrogens with one attached hydrogen (secondary N) is 2. The number of anilines is 4. The van der Waals surface area contributed by atoms with Gasteiger partial charge in [0, 0.05) is 25.8 Å². The first-order valence-corrected chi connectivity index (χ1v) is 16.2. The first-order valence-electron chi connectivity index (χ1n) is 14.4. The molecule has 0 atom stereocenters. The van der Waals surface area contributed by atoms with Gasteiger partial charge >= 0.3 is 13.8 Å². The maximum Gasteiger partial charge on any atom is 0.421 e. The Morgan fingerprint density at radius 3 is 2.40 bits per heavy atom. The van der Waals surface area contributed by atoms with Crippen LogP contribution in [0.4, 0.5) is 36.3 Å². The van der Waals surface area contributed by atoms with E-state index in [4.69, 9.17) is 4.74 Å². The molecule has 4 N–H and O–H groups in total. The molecule has 15 heteroatoms. The number of rotatable bonds is 9. The van der Waals surface area contributed by atoms with Gasteiger partial charge in [-0.15, -0.1) is 0 Å². The van der Waals surface area contributed by atoms with Crippen LogP contribution in [0.5, 0.6) is 5.75 Å². The van der Waals surface area contributed by atoms with Crippen molar-refractivity contribution in [3.63, 3.8) is 0 Å². The fourth-order valence-electron chi connectivity index (χ4n) is 6.14. The number of amides is 1. The van der Waals surface area contributed by atoms with Crippen molar-refractivity contribution in [3.8, 4) is 5.75 Å². The standard InChI is InChI=1S/C30H36F3N6O5P/c1-38(2)19-8-6-18(7-9-19)20-10-12-24(26-21(20)15-39(3)28(26)40)35-27-22(30(31,32)33)14-34-29(37-27)36-23-11-5-17(13-25(23)44-4)16-45(41,42)43/h5,10-14,18-19H,6-9,15-16H2,1-4H3,(H2,41,42,43)(H2,34,35,36,37). The molecule has 2 aromatic carbocycles. The molecule has 1 aromatic heterocycles. The van der Waals surface area contributed by atoms with Crippen LogP contribution in [0.1, 0.15) is 64.2 Å². The highest BCUT2D eigenvalue weighted by Gasteiger charge is 2.37. The first kappa shape index (κ1) is 32.7. The molecule has 0 saturated heterocycles. The number of aromatic nitrogens is 2. The number of methoxy groups -OCH3 is 1. The summed E-state index contributed by atoms with van der Waals surface area (Å²) in [5.74, 6) is -0.577. The Balaban J connectivity index is 1.48. The van der Waals surface area contributed by atoms with E-state index in [2.05, 4.69) is 39.6 Å². The second-order valence-electron chi connectivity index (χ2n) is 11.7. The SMILES string of the molecule is COc1cc(CP(=O)(O)O)ccc1Nc1ncc(C(F)(F)F)c(Nc2ccc(C3CCC(N(C)C)CC3)c3c2C(=O)N(C)C3)n1. The first-order chi connectivity index (χ1) is 21.1. The molecule has 11 nitrogen and oxygen atoms in total. The number of fused-ring (bicyclic) bond motifs is 1. The third-order valence-electron chi connectivity index (χ3n) is 8.42. The van der Waals surface area contributed by atoms with Crippen LogP contribution < -0.4 is 15.4 Å². The lowest BCUT2D eigenvalue weighted by Crippen LogP contribution is -2.31. The summed E-state index contributed by atoms with van der Waals surface area (Å²) in [5.41, 5.74) is 1.90. The Bertz CT molecular complexity index is 1640. The van der Waals surface area contributed by atoms with Crippen molar-refractivity contribution in [2.45, 2.75) is 56.5 Å². The van der Waals surface area contributed by atoms with E-state index < -0.39 is 31.3 Å². The zero-order chi connectivity index (χ0) is 32.7. The van der Waals surface area contributed by atoms with Gasteiger partial charge in [0.15, 0.2) is 0 Å². The quantitative estimate of drug-likeness (QED) is 0.209. The van der Waals surface area contributed by atoms with Gasteiger partial charge in [0.25, 0.3) is 5.91 Å². The molecule has 242 valence electrons. The number of halogens is 3. The lowest BCUT2D eigenvalue weighted by molar-refractivity contribution is -0.137. The average molecular weight is 649 g/mol. The second-order valence-corrected chi connectivity index (χ2v) is 13.4. The number of carbonyl (C=O) groups is 1. The summed E-state index contributed by atoms with van der Waals surface area (Å²) in [7, 11) is 2.82. The lowest BCUT2D eigenvalue weighted by atomic mass is 9.79. The van der Waals surface area contributed by atoms with Crippen molar-refractivity contribution in [2.24, 2.45) is 0 Å². The van der Waals surface area contributed by atoms with Gasteiger partial charge < -0.3 is 35.0 Å². The predicted molar refractivity (Wildman–Crippen MR) is 163 cm³/mol. The predicted octanol–water partition coefficient (Wildman–Crippen LogP) is 5.84. The number of alkyl halides is 3. The molecule has 2 heterocycles. The van der Waals surface area contributed by atoms with Gasteiger partial charge in [0.1, 0.15) is 17.1 Å². The highest BCUT2D eigenvalue weighted by atomic mass is 31.2. The number of hydrogen-bond donors (Lipinski definition) is 4. The number of hydrogen-bond acceptors (Lipinski definition) is 8. The van der Waals surface area contributed by atoms with E-state index >= 15 is 0 Å². The van der Waals surface area contributed by atoms with Gasteiger partial charge in [0.2, 0.25) is 5.95 Å². The molecule has 0 bridgehead atoms. The van der Waals surface area contributed by atoms with E-state index in [1.807, 2.05) is 6.07 Å². The summed E-state index contributed by atoms with van der Waals surface area (Å²) >= 11 is 0. The minimum Gasteiger partial charge on any atom is -0.495 e. The number of nitrogens with zero attached hydrogens (tertiary/aromatic N) is 4. The Hall–Kier alpha value is -3.71. The van der Waals surface area contributed by atoms with Crippen LogP contribution in [0.3, 0.4) is 0 Å². The van der Waals surface area contributed by atoms with Crippen molar-refractivity contribution in [1.29, 1.82) is 0 Å². The van der Waals surface area contributed by atoms with Gasteiger partial charge in [-0.2, -0.15) is 18.2 Å². The smallest absolute Gasteiger partial charge is 0.421 e. The lowest BCUT2D eigenvalue weighted by Gasteiger charge is -2.33. The van der Waals surface area contributed by atoms with Crippen LogP contribution in [0, 0.1) is 0 Å². The highest BCUT2D eigenvalue weighted by molar-refractivity contribution is 7.50. The van der Waals surface area contributed by atoms with Crippen molar-refractivity contribution >= 4 is 36.6 Å². The highest BCUT2D eigenvalue weighted by Crippen LogP contribution is 2.44. The summed E-state index contributed by atoms with van der Waals surface area (Å²) in [4.78, 5) is 43.7. The fraction of sp³-hybridized carbons (Fsp3) is 0.433. The molecular formula is C30H36F3N6O5P. The van der Waals surface area contributed by atoms with Crippen LogP contribution in [0.25, 0.3) is 0 Å². The summed E-state index contributed by atoms with van der Waals surface area (Å²) in [6.45, 7) is 0.368. The summed E-state index contributed by atoms with van der Waals surface area (Å²) in [6.07, 6.45) is -0.678. The average Bonchev–Trinajstić information content (AvgIpc) is 3.26. The van der Waals surface area contributed by atoms with Crippen LogP contribution in [0.15, 0.2) is 36.5 Å². The Kier molecular flexibility index (Phi) is 9.14. The van der Waals surface area contributed by atoms with Crippen LogP contribution in [-0.4, -0.2) is 69.8 Å². The molecule has 1 aliphatic heterocycles. The van der Waals surface area contributed by atoms with E-state index in [0.717, 1.165) is 36.8 Å². The maximum atomic E-state index is 14.1. The van der Waals surface area contributed by atoms with Crippen LogP contribution >= 0.6 is 7.60 Å². The van der Waals surface area contributed by atoms with E-state index in [-0.39, 0.29) is 34.9 Å². The molecular weight excluding hydrogens is 612 g/mol. The molecule has 3 aromatic rings. The summed E-state index contributed by atoms with van der Waals surface area (Å²) < 4.78 is 59.1. The van der Waals surface area contributed by atoms with E-state index in [1.165, 1.54) is 25.3 Å². The Labute approximate surface area is 259 Å². The molecule has 0 unspecified atom stereocenters. The molecule has 1 amide bonds. The molecule has 1 fully saturated rings. The summed E-state index contributed by atoms with van der Waals surface area (Å²) in [5, 5.41) is 5.61. The fourth-order valence-corrected chi connectivity index (χ4v) is 6.81. The third-order valence-corrected chi connectivity index (χ3v) is 9.20. The number of benzene rings is 2. The monoisotopic (exact) mass is 648 g/mol. The summed E-state index contributed by atoms with van der Waals surface area (Å²) in [6, 6.07) is 8.38. The van der Waals surface area contributed by atoms with Crippen LogP contribution in [0.2, 0.25) is 0 Å². The van der Waals surface area contributed by atoms with Gasteiger partial charge in [0.05, 0.1) is 30.2 Å². The maximum absolute atomic E-state index is 14.1. The molecule has 1 saturated carbocycles. The molecule has 0 spiro atoms. The molecule has 45 heavy (non-hydrogen) atoms. The van der Waals surface area contributed by atoms with E-state index in [1.54, 1.807) is 18.0 Å². The van der Waals surface area contributed by atoms with Crippen molar-refractivity contribution < 1.29 is 37.1 Å². The van der Waals surface area contributed by atoms with Gasteiger partial charge in [-0.3, -0.25) is 9.36 Å². The molecule has 5 rings (SSSR count). The van der Waals surface area contributed by atoms with Gasteiger partial charge in [-0.1, -0.05) is 12.1 Å². The van der Waals surface area contributed by atoms with Crippen molar-refractivity contribution in [1.82, 2.24) is 19.8 Å². The second kappa shape index (κ2) is 12.6. The molecule has 1 aliphatic carbocycles. The largest absolute Gasteiger partial charge is 0.495 e. The van der Waals surface area contributed by atoms with Gasteiger partial charge in [-0.25, -0.2) is 4.98 Å². The van der Waals surface area contributed by atoms with Gasteiger partial charge in [-0.05, 0) is 80.6 Å². The Morgan fingerprint density at radius 1 is 1.09 bits per heavy atom. The zero-order valence-electron chi connectivity index (χ0n) is 25.4. The normalized spacial score (nSPS) is 18.7. The van der Waals surface area contributed by atoms with E-state index in [9.17, 15) is 32.3 Å². The van der Waals surface area contributed by atoms with Crippen molar-refractivity contribution in [2.75, 3.05) is 38.9 Å². The zero-order valence-corrected chi connectivity index (χ0v) is 26.2. The molecule has 2 aliphatic rings.